The number of aryl methyl sites for hydroxylation is 2. The van der Waals surface area contributed by atoms with Gasteiger partial charge in [0.2, 0.25) is 15.9 Å². The predicted molar refractivity (Wildman–Crippen MR) is 107 cm³/mol. The quantitative estimate of drug-likeness (QED) is 0.667. The van der Waals surface area contributed by atoms with Gasteiger partial charge in [-0.3, -0.25) is 9.10 Å². The summed E-state index contributed by atoms with van der Waals surface area (Å²) in [5.74, 6) is -0.369. The van der Waals surface area contributed by atoms with Gasteiger partial charge >= 0.3 is 0 Å². The molecule has 2 aromatic carbocycles. The molecule has 0 aromatic heterocycles. The maximum atomic E-state index is 12.3. The third-order valence-electron chi connectivity index (χ3n) is 4.06. The van der Waals surface area contributed by atoms with Crippen molar-refractivity contribution in [3.63, 3.8) is 0 Å². The molecule has 0 fully saturated rings. The Bertz CT molecular complexity index is 847. The van der Waals surface area contributed by atoms with E-state index in [0.29, 0.717) is 25.4 Å². The van der Waals surface area contributed by atoms with Crippen molar-refractivity contribution >= 4 is 21.6 Å². The van der Waals surface area contributed by atoms with Gasteiger partial charge in [0.25, 0.3) is 0 Å². The second-order valence-electron chi connectivity index (χ2n) is 6.40. The Morgan fingerprint density at radius 3 is 2.26 bits per heavy atom. The summed E-state index contributed by atoms with van der Waals surface area (Å²) in [6.07, 6.45) is 1.11. The number of hydrogen-bond acceptors (Lipinski definition) is 4. The number of nitrogens with zero attached hydrogens (tertiary/aromatic N) is 1. The zero-order chi connectivity index (χ0) is 19.9. The monoisotopic (exact) mass is 390 g/mol. The molecule has 146 valence electrons. The average molecular weight is 391 g/mol. The minimum absolute atomic E-state index is 0.261. The van der Waals surface area contributed by atoms with E-state index in [9.17, 15) is 13.2 Å². The maximum absolute atomic E-state index is 12.3. The van der Waals surface area contributed by atoms with Gasteiger partial charge < -0.3 is 10.1 Å². The molecule has 1 amide bonds. The van der Waals surface area contributed by atoms with E-state index >= 15 is 0 Å². The molecule has 2 rings (SSSR count). The molecule has 7 heteroatoms. The molecule has 0 spiro atoms. The Morgan fingerprint density at radius 2 is 1.67 bits per heavy atom. The Balaban J connectivity index is 1.89. The van der Waals surface area contributed by atoms with Gasteiger partial charge in [-0.15, -0.1) is 0 Å². The fourth-order valence-corrected chi connectivity index (χ4v) is 3.75. The van der Waals surface area contributed by atoms with E-state index in [2.05, 4.69) is 5.32 Å². The van der Waals surface area contributed by atoms with Gasteiger partial charge in [-0.05, 0) is 30.5 Å². The number of para-hydroxylation sites is 1. The Hall–Kier alpha value is -2.38. The minimum atomic E-state index is -3.59. The summed E-state index contributed by atoms with van der Waals surface area (Å²) < 4.78 is 31.1. The van der Waals surface area contributed by atoms with E-state index in [0.717, 1.165) is 27.3 Å². The Morgan fingerprint density at radius 1 is 1.04 bits per heavy atom. The lowest BCUT2D eigenvalue weighted by atomic mass is 10.1. The van der Waals surface area contributed by atoms with Crippen molar-refractivity contribution in [1.29, 1.82) is 0 Å². The number of rotatable bonds is 9. The lowest BCUT2D eigenvalue weighted by molar-refractivity contribution is -0.119. The second-order valence-corrected chi connectivity index (χ2v) is 8.31. The average Bonchev–Trinajstić information content (AvgIpc) is 2.60. The van der Waals surface area contributed by atoms with E-state index in [-0.39, 0.29) is 12.5 Å². The molecule has 0 unspecified atom stereocenters. The number of carbonyl (C=O) groups is 1. The smallest absolute Gasteiger partial charge is 0.240 e. The van der Waals surface area contributed by atoms with Crippen LogP contribution in [0.4, 0.5) is 5.69 Å². The van der Waals surface area contributed by atoms with Crippen molar-refractivity contribution in [3.8, 4) is 0 Å². The molecule has 0 saturated carbocycles. The zero-order valence-corrected chi connectivity index (χ0v) is 16.8. The highest BCUT2D eigenvalue weighted by Gasteiger charge is 2.23. The Labute approximate surface area is 161 Å². The summed E-state index contributed by atoms with van der Waals surface area (Å²) >= 11 is 0. The van der Waals surface area contributed by atoms with Crippen molar-refractivity contribution < 1.29 is 17.9 Å². The highest BCUT2D eigenvalue weighted by atomic mass is 32.2. The van der Waals surface area contributed by atoms with E-state index in [1.54, 1.807) is 0 Å². The van der Waals surface area contributed by atoms with Gasteiger partial charge in [-0.1, -0.05) is 48.5 Å². The summed E-state index contributed by atoms with van der Waals surface area (Å²) in [7, 11) is -3.59. The van der Waals surface area contributed by atoms with Crippen molar-refractivity contribution in [2.45, 2.75) is 20.5 Å². The van der Waals surface area contributed by atoms with Crippen LogP contribution in [0.1, 0.15) is 16.7 Å². The lowest BCUT2D eigenvalue weighted by Gasteiger charge is -2.25. The molecule has 0 aliphatic carbocycles. The molecule has 6 nitrogen and oxygen atoms in total. The fraction of sp³-hybridized carbons (Fsp3) is 0.350. The van der Waals surface area contributed by atoms with E-state index in [1.165, 1.54) is 0 Å². The van der Waals surface area contributed by atoms with Gasteiger partial charge in [0.1, 0.15) is 6.54 Å². The van der Waals surface area contributed by atoms with Gasteiger partial charge in [-0.2, -0.15) is 0 Å². The maximum Gasteiger partial charge on any atom is 0.240 e. The van der Waals surface area contributed by atoms with Crippen molar-refractivity contribution in [1.82, 2.24) is 5.32 Å². The van der Waals surface area contributed by atoms with Crippen LogP contribution in [0.3, 0.4) is 0 Å². The van der Waals surface area contributed by atoms with E-state index < -0.39 is 10.0 Å². The van der Waals surface area contributed by atoms with Gasteiger partial charge in [0.05, 0.1) is 25.2 Å². The molecule has 0 aliphatic rings. The molecule has 2 aromatic rings. The second kappa shape index (κ2) is 9.53. The molecule has 0 bridgehead atoms. The largest absolute Gasteiger partial charge is 0.375 e. The molecule has 1 N–H and O–H groups in total. The first-order chi connectivity index (χ1) is 12.8. The standard InChI is InChI=1S/C20H26N2O4S/c1-16-8-7-9-17(2)20(16)22(27(3,24)25)14-19(23)21-12-13-26-15-18-10-5-4-6-11-18/h4-11H,12-15H2,1-3H3,(H,21,23). The third-order valence-corrected chi connectivity index (χ3v) is 5.17. The fourth-order valence-electron chi connectivity index (χ4n) is 2.77. The number of amides is 1. The highest BCUT2D eigenvalue weighted by Crippen LogP contribution is 2.26. The number of sulfonamides is 1. The van der Waals surface area contributed by atoms with Crippen LogP contribution >= 0.6 is 0 Å². The number of benzene rings is 2. The van der Waals surface area contributed by atoms with Gasteiger partial charge in [0, 0.05) is 6.54 Å². The van der Waals surface area contributed by atoms with Crippen LogP contribution in [-0.2, 0) is 26.2 Å². The van der Waals surface area contributed by atoms with Crippen LogP contribution in [-0.4, -0.2) is 40.3 Å². The summed E-state index contributed by atoms with van der Waals surface area (Å²) in [6, 6.07) is 15.3. The summed E-state index contributed by atoms with van der Waals surface area (Å²) in [5, 5.41) is 2.71. The minimum Gasteiger partial charge on any atom is -0.375 e. The number of nitrogens with one attached hydrogen (secondary N) is 1. The molecular weight excluding hydrogens is 364 g/mol. The number of hydrogen-bond donors (Lipinski definition) is 1. The SMILES string of the molecule is Cc1cccc(C)c1N(CC(=O)NCCOCc1ccccc1)S(C)(=O)=O. The first-order valence-corrected chi connectivity index (χ1v) is 10.6. The molecular formula is C20H26N2O4S. The zero-order valence-electron chi connectivity index (χ0n) is 15.9. The summed E-state index contributed by atoms with van der Waals surface area (Å²) in [5.41, 5.74) is 3.22. The first-order valence-electron chi connectivity index (χ1n) is 8.71. The van der Waals surface area contributed by atoms with E-state index in [4.69, 9.17) is 4.74 Å². The Kier molecular flexibility index (Phi) is 7.38. The van der Waals surface area contributed by atoms with E-state index in [1.807, 2.05) is 62.4 Å². The molecule has 0 atom stereocenters. The number of anilines is 1. The van der Waals surface area contributed by atoms with Crippen molar-refractivity contribution in [3.05, 3.63) is 65.2 Å². The van der Waals surface area contributed by atoms with Gasteiger partial charge in [-0.25, -0.2) is 8.42 Å². The highest BCUT2D eigenvalue weighted by molar-refractivity contribution is 7.92. The van der Waals surface area contributed by atoms with Crippen molar-refractivity contribution in [2.75, 3.05) is 30.3 Å². The van der Waals surface area contributed by atoms with Crippen LogP contribution in [0.5, 0.6) is 0 Å². The van der Waals surface area contributed by atoms with Crippen LogP contribution in [0, 0.1) is 13.8 Å². The summed E-state index contributed by atoms with van der Waals surface area (Å²) in [6.45, 7) is 4.53. The van der Waals surface area contributed by atoms with Crippen molar-refractivity contribution in [2.24, 2.45) is 0 Å². The lowest BCUT2D eigenvalue weighted by Crippen LogP contribution is -2.41. The third kappa shape index (κ3) is 6.37. The molecule has 0 saturated heterocycles. The molecule has 0 aliphatic heterocycles. The van der Waals surface area contributed by atoms with Crippen LogP contribution in [0.15, 0.2) is 48.5 Å². The molecule has 0 radical (unpaired) electrons. The molecule has 0 heterocycles. The topological polar surface area (TPSA) is 75.7 Å². The van der Waals surface area contributed by atoms with Crippen LogP contribution < -0.4 is 9.62 Å². The number of carbonyl (C=O) groups excluding carboxylic acids is 1. The first kappa shape index (κ1) is 20.9. The van der Waals surface area contributed by atoms with Crippen LogP contribution in [0.2, 0.25) is 0 Å². The molecule has 27 heavy (non-hydrogen) atoms. The normalized spacial score (nSPS) is 11.2. The summed E-state index contributed by atoms with van der Waals surface area (Å²) in [4.78, 5) is 12.3. The number of ether oxygens (including phenoxy) is 1. The predicted octanol–water partition coefficient (Wildman–Crippen LogP) is 2.40. The van der Waals surface area contributed by atoms with Gasteiger partial charge in [0.15, 0.2) is 0 Å². The van der Waals surface area contributed by atoms with Crippen LogP contribution in [0.25, 0.3) is 0 Å².